The van der Waals surface area contributed by atoms with Crippen LogP contribution >= 0.6 is 0 Å². The van der Waals surface area contributed by atoms with Crippen LogP contribution in [0.25, 0.3) is 0 Å². The predicted molar refractivity (Wildman–Crippen MR) is 79.8 cm³/mol. The SMILES string of the molecule is CC1(C)CCC(C)(C)C(CNc2cccc(F)c2)C1. The van der Waals surface area contributed by atoms with Crippen molar-refractivity contribution in [2.45, 2.75) is 47.0 Å². The van der Waals surface area contributed by atoms with Crippen LogP contribution in [0.15, 0.2) is 24.3 Å². The predicted octanol–water partition coefficient (Wildman–Crippen LogP) is 5.09. The van der Waals surface area contributed by atoms with Crippen molar-refractivity contribution in [2.75, 3.05) is 11.9 Å². The van der Waals surface area contributed by atoms with Gasteiger partial charge in [-0.3, -0.25) is 0 Å². The minimum absolute atomic E-state index is 0.173. The van der Waals surface area contributed by atoms with Crippen LogP contribution < -0.4 is 5.32 Å². The van der Waals surface area contributed by atoms with E-state index in [1.54, 1.807) is 12.1 Å². The third-order valence-electron chi connectivity index (χ3n) is 4.73. The van der Waals surface area contributed by atoms with Crippen molar-refractivity contribution in [3.05, 3.63) is 30.1 Å². The van der Waals surface area contributed by atoms with Crippen molar-refractivity contribution in [3.63, 3.8) is 0 Å². The molecule has 0 aromatic heterocycles. The Bertz CT molecular complexity index is 437. The molecule has 19 heavy (non-hydrogen) atoms. The highest BCUT2D eigenvalue weighted by Crippen LogP contribution is 2.48. The Morgan fingerprint density at radius 2 is 1.95 bits per heavy atom. The fourth-order valence-electron chi connectivity index (χ4n) is 3.10. The van der Waals surface area contributed by atoms with Crippen molar-refractivity contribution in [3.8, 4) is 0 Å². The Kier molecular flexibility index (Phi) is 3.89. The van der Waals surface area contributed by atoms with Crippen LogP contribution in [-0.2, 0) is 0 Å². The first-order valence-electron chi connectivity index (χ1n) is 7.28. The summed E-state index contributed by atoms with van der Waals surface area (Å²) in [6.07, 6.45) is 3.81. The number of nitrogens with one attached hydrogen (secondary N) is 1. The van der Waals surface area contributed by atoms with E-state index in [0.717, 1.165) is 12.2 Å². The van der Waals surface area contributed by atoms with Gasteiger partial charge in [-0.15, -0.1) is 0 Å². The lowest BCUT2D eigenvalue weighted by Crippen LogP contribution is -2.39. The Morgan fingerprint density at radius 1 is 1.21 bits per heavy atom. The van der Waals surface area contributed by atoms with Gasteiger partial charge in [0.2, 0.25) is 0 Å². The van der Waals surface area contributed by atoms with Crippen molar-refractivity contribution in [2.24, 2.45) is 16.7 Å². The molecule has 0 saturated heterocycles. The van der Waals surface area contributed by atoms with Crippen LogP contribution in [-0.4, -0.2) is 6.54 Å². The van der Waals surface area contributed by atoms with Crippen molar-refractivity contribution >= 4 is 5.69 Å². The molecule has 1 nitrogen and oxygen atoms in total. The normalized spacial score (nSPS) is 25.0. The van der Waals surface area contributed by atoms with Gasteiger partial charge in [0.15, 0.2) is 0 Å². The number of hydrogen-bond acceptors (Lipinski definition) is 1. The molecule has 1 aromatic carbocycles. The van der Waals surface area contributed by atoms with Gasteiger partial charge in [0, 0.05) is 12.2 Å². The molecule has 0 spiro atoms. The maximum atomic E-state index is 13.2. The summed E-state index contributed by atoms with van der Waals surface area (Å²) in [4.78, 5) is 0. The Hall–Kier alpha value is -1.05. The maximum absolute atomic E-state index is 13.2. The molecule has 1 atom stereocenters. The lowest BCUT2D eigenvalue weighted by molar-refractivity contribution is 0.0628. The molecule has 1 fully saturated rings. The van der Waals surface area contributed by atoms with E-state index in [1.807, 2.05) is 6.07 Å². The van der Waals surface area contributed by atoms with Gasteiger partial charge >= 0.3 is 0 Å². The molecule has 2 rings (SSSR count). The van der Waals surface area contributed by atoms with Gasteiger partial charge in [-0.05, 0) is 54.2 Å². The molecule has 0 amide bonds. The Morgan fingerprint density at radius 3 is 2.63 bits per heavy atom. The van der Waals surface area contributed by atoms with Gasteiger partial charge in [-0.25, -0.2) is 4.39 Å². The van der Waals surface area contributed by atoms with E-state index in [9.17, 15) is 4.39 Å². The zero-order chi connectivity index (χ0) is 14.1. The number of benzene rings is 1. The second-order valence-corrected chi connectivity index (χ2v) is 7.45. The molecule has 106 valence electrons. The molecule has 0 aliphatic heterocycles. The van der Waals surface area contributed by atoms with Gasteiger partial charge in [-0.2, -0.15) is 0 Å². The summed E-state index contributed by atoms with van der Waals surface area (Å²) in [5, 5.41) is 3.41. The number of halogens is 1. The van der Waals surface area contributed by atoms with Gasteiger partial charge in [0.25, 0.3) is 0 Å². The standard InChI is InChI=1S/C17H26FN/c1-16(2)8-9-17(3,4)13(11-16)12-19-15-7-5-6-14(18)10-15/h5-7,10,13,19H,8-9,11-12H2,1-4H3. The van der Waals surface area contributed by atoms with Gasteiger partial charge in [-0.1, -0.05) is 33.8 Å². The molecule has 1 N–H and O–H groups in total. The molecular formula is C17H26FN. The zero-order valence-electron chi connectivity index (χ0n) is 12.6. The number of hydrogen-bond donors (Lipinski definition) is 1. The van der Waals surface area contributed by atoms with Crippen LogP contribution in [0.3, 0.4) is 0 Å². The first kappa shape index (κ1) is 14.4. The van der Waals surface area contributed by atoms with Crippen molar-refractivity contribution in [1.82, 2.24) is 0 Å². The maximum Gasteiger partial charge on any atom is 0.125 e. The van der Waals surface area contributed by atoms with Crippen LogP contribution in [0.1, 0.15) is 47.0 Å². The average Bonchev–Trinajstić information content (AvgIpc) is 2.31. The fraction of sp³-hybridized carbons (Fsp3) is 0.647. The average molecular weight is 263 g/mol. The summed E-state index contributed by atoms with van der Waals surface area (Å²) in [6, 6.07) is 6.75. The zero-order valence-corrected chi connectivity index (χ0v) is 12.6. The van der Waals surface area contributed by atoms with Crippen molar-refractivity contribution in [1.29, 1.82) is 0 Å². The molecule has 2 heteroatoms. The molecule has 1 aromatic rings. The minimum atomic E-state index is -0.173. The second-order valence-electron chi connectivity index (χ2n) is 7.45. The third kappa shape index (κ3) is 3.71. The topological polar surface area (TPSA) is 12.0 Å². The summed E-state index contributed by atoms with van der Waals surface area (Å²) >= 11 is 0. The van der Waals surface area contributed by atoms with Crippen LogP contribution in [0.2, 0.25) is 0 Å². The van der Waals surface area contributed by atoms with E-state index in [2.05, 4.69) is 33.0 Å². The summed E-state index contributed by atoms with van der Waals surface area (Å²) in [5.74, 6) is 0.466. The van der Waals surface area contributed by atoms with Crippen LogP contribution in [0.4, 0.5) is 10.1 Å². The fourth-order valence-corrected chi connectivity index (χ4v) is 3.10. The smallest absolute Gasteiger partial charge is 0.125 e. The quantitative estimate of drug-likeness (QED) is 0.801. The number of rotatable bonds is 3. The highest BCUT2D eigenvalue weighted by molar-refractivity contribution is 5.43. The van der Waals surface area contributed by atoms with Crippen LogP contribution in [0.5, 0.6) is 0 Å². The summed E-state index contributed by atoms with van der Waals surface area (Å²) in [7, 11) is 0. The molecule has 1 aliphatic rings. The van der Waals surface area contributed by atoms with Gasteiger partial charge in [0.1, 0.15) is 5.82 Å². The molecule has 0 bridgehead atoms. The van der Waals surface area contributed by atoms with E-state index in [1.165, 1.54) is 25.3 Å². The lowest BCUT2D eigenvalue weighted by atomic mass is 9.60. The summed E-state index contributed by atoms with van der Waals surface area (Å²) < 4.78 is 13.2. The minimum Gasteiger partial charge on any atom is -0.385 e. The van der Waals surface area contributed by atoms with E-state index in [0.29, 0.717) is 16.7 Å². The van der Waals surface area contributed by atoms with Gasteiger partial charge < -0.3 is 5.32 Å². The van der Waals surface area contributed by atoms with E-state index in [-0.39, 0.29) is 5.82 Å². The lowest BCUT2D eigenvalue weighted by Gasteiger charge is -2.46. The van der Waals surface area contributed by atoms with E-state index >= 15 is 0 Å². The monoisotopic (exact) mass is 263 g/mol. The molecule has 1 aliphatic carbocycles. The first-order valence-corrected chi connectivity index (χ1v) is 7.28. The Balaban J connectivity index is 2.00. The molecule has 0 radical (unpaired) electrons. The molecular weight excluding hydrogens is 237 g/mol. The molecule has 1 saturated carbocycles. The summed E-state index contributed by atoms with van der Waals surface area (Å²) in [6.45, 7) is 10.4. The van der Waals surface area contributed by atoms with E-state index < -0.39 is 0 Å². The summed E-state index contributed by atoms with van der Waals surface area (Å²) in [5.41, 5.74) is 1.69. The highest BCUT2D eigenvalue weighted by Gasteiger charge is 2.39. The van der Waals surface area contributed by atoms with E-state index in [4.69, 9.17) is 0 Å². The second kappa shape index (κ2) is 5.15. The molecule has 1 unspecified atom stereocenters. The Labute approximate surface area is 116 Å². The van der Waals surface area contributed by atoms with Crippen molar-refractivity contribution < 1.29 is 4.39 Å². The highest BCUT2D eigenvalue weighted by atomic mass is 19.1. The third-order valence-corrected chi connectivity index (χ3v) is 4.73. The number of anilines is 1. The van der Waals surface area contributed by atoms with Gasteiger partial charge in [0.05, 0.1) is 0 Å². The first-order chi connectivity index (χ1) is 8.78. The van der Waals surface area contributed by atoms with Crippen LogP contribution in [0, 0.1) is 22.6 Å². The molecule has 0 heterocycles. The largest absolute Gasteiger partial charge is 0.385 e.